The lowest BCUT2D eigenvalue weighted by Gasteiger charge is -1.96. The van der Waals surface area contributed by atoms with E-state index in [-0.39, 0.29) is 12.4 Å². The molecule has 1 aromatic rings. The number of aryl methyl sites for hydroxylation is 1. The minimum absolute atomic E-state index is 0.272. The van der Waals surface area contributed by atoms with Crippen LogP contribution < -0.4 is 0 Å². The van der Waals surface area contributed by atoms with Crippen LogP contribution in [0.15, 0.2) is 23.3 Å². The van der Waals surface area contributed by atoms with Crippen molar-refractivity contribution >= 4 is 6.08 Å². The van der Waals surface area contributed by atoms with Crippen LogP contribution in [0.5, 0.6) is 0 Å². The highest BCUT2D eigenvalue weighted by Crippen LogP contribution is 2.05. The molecule has 0 fully saturated rings. The first kappa shape index (κ1) is 10.2. The first-order chi connectivity index (χ1) is 6.74. The van der Waals surface area contributed by atoms with Crippen LogP contribution >= 0.6 is 0 Å². The maximum Gasteiger partial charge on any atom is 0.144 e. The summed E-state index contributed by atoms with van der Waals surface area (Å²) in [5, 5.41) is 3.32. The summed E-state index contributed by atoms with van der Waals surface area (Å²) in [7, 11) is 0. The predicted octanol–water partition coefficient (Wildman–Crippen LogP) is 2.85. The second-order valence-corrected chi connectivity index (χ2v) is 2.62. The van der Waals surface area contributed by atoms with Crippen LogP contribution in [0.25, 0.3) is 16.5 Å². The molecule has 0 aliphatic carbocycles. The van der Waals surface area contributed by atoms with E-state index in [2.05, 4.69) is 15.0 Å². The summed E-state index contributed by atoms with van der Waals surface area (Å²) in [6.07, 6.45) is 3.35. The summed E-state index contributed by atoms with van der Waals surface area (Å²) in [5.74, 6) is -0.322. The number of halogens is 1. The van der Waals surface area contributed by atoms with Crippen molar-refractivity contribution in [3.63, 3.8) is 0 Å². The highest BCUT2D eigenvalue weighted by atomic mass is 19.1. The maximum atomic E-state index is 12.8. The Balaban J connectivity index is 2.72. The van der Waals surface area contributed by atoms with Crippen LogP contribution in [0.3, 0.4) is 0 Å². The van der Waals surface area contributed by atoms with Crippen LogP contribution in [-0.2, 0) is 0 Å². The third-order valence-corrected chi connectivity index (χ3v) is 1.58. The van der Waals surface area contributed by atoms with Crippen LogP contribution in [0.2, 0.25) is 0 Å². The van der Waals surface area contributed by atoms with Crippen molar-refractivity contribution in [3.8, 4) is 0 Å². The van der Waals surface area contributed by atoms with E-state index in [0.717, 1.165) is 0 Å². The zero-order valence-electron chi connectivity index (χ0n) is 7.68. The second-order valence-electron chi connectivity index (χ2n) is 2.62. The van der Waals surface area contributed by atoms with Gasteiger partial charge in [-0.1, -0.05) is 11.2 Å². The van der Waals surface area contributed by atoms with Crippen molar-refractivity contribution in [1.82, 2.24) is 4.98 Å². The molecule has 0 saturated heterocycles. The minimum atomic E-state index is -0.322. The molecule has 0 aliphatic heterocycles. The van der Waals surface area contributed by atoms with Crippen molar-refractivity contribution in [2.45, 2.75) is 6.92 Å². The van der Waals surface area contributed by atoms with Gasteiger partial charge in [0.2, 0.25) is 0 Å². The van der Waals surface area contributed by atoms with Gasteiger partial charge >= 0.3 is 0 Å². The van der Waals surface area contributed by atoms with Crippen molar-refractivity contribution in [2.24, 2.45) is 5.11 Å². The molecule has 4 nitrogen and oxygen atoms in total. The van der Waals surface area contributed by atoms with E-state index in [1.165, 1.54) is 6.07 Å². The molecule has 1 rings (SSSR count). The third kappa shape index (κ3) is 2.88. The van der Waals surface area contributed by atoms with Crippen LogP contribution in [0, 0.1) is 12.7 Å². The van der Waals surface area contributed by atoms with Gasteiger partial charge in [-0.05, 0) is 30.7 Å². The smallest absolute Gasteiger partial charge is 0.144 e. The van der Waals surface area contributed by atoms with Crippen molar-refractivity contribution in [3.05, 3.63) is 45.9 Å². The Morgan fingerprint density at radius 3 is 3.07 bits per heavy atom. The second kappa shape index (κ2) is 4.99. The number of hydrogen-bond donors (Lipinski definition) is 0. The number of rotatable bonds is 3. The summed E-state index contributed by atoms with van der Waals surface area (Å²) in [6, 6.07) is 2.92. The van der Waals surface area contributed by atoms with Gasteiger partial charge in [0, 0.05) is 11.5 Å². The lowest BCUT2D eigenvalue weighted by molar-refractivity contribution is 0.609. The van der Waals surface area contributed by atoms with Gasteiger partial charge in [0.15, 0.2) is 0 Å². The largest absolute Gasteiger partial charge is 0.251 e. The van der Waals surface area contributed by atoms with Gasteiger partial charge in [0.05, 0.1) is 11.4 Å². The lowest BCUT2D eigenvalue weighted by atomic mass is 10.3. The average molecular weight is 192 g/mol. The molecule has 14 heavy (non-hydrogen) atoms. The molecule has 1 heterocycles. The van der Waals surface area contributed by atoms with Crippen molar-refractivity contribution in [2.75, 3.05) is 6.54 Å². The van der Waals surface area contributed by atoms with Crippen molar-refractivity contribution < 1.29 is 4.39 Å². The molecule has 0 N–H and O–H groups in total. The highest BCUT2D eigenvalue weighted by Gasteiger charge is 1.96. The lowest BCUT2D eigenvalue weighted by Crippen LogP contribution is -1.89. The Kier molecular flexibility index (Phi) is 3.64. The molecule has 0 amide bonds. The van der Waals surface area contributed by atoms with E-state index in [4.69, 9.17) is 5.53 Å². The zero-order chi connectivity index (χ0) is 10.4. The molecule has 5 heteroatoms. The zero-order valence-corrected chi connectivity index (χ0v) is 7.68. The van der Waals surface area contributed by atoms with Crippen LogP contribution in [0.4, 0.5) is 4.39 Å². The fraction of sp³-hybridized carbons (Fsp3) is 0.222. The van der Waals surface area contributed by atoms with Gasteiger partial charge in [0.25, 0.3) is 0 Å². The summed E-state index contributed by atoms with van der Waals surface area (Å²) in [4.78, 5) is 6.57. The van der Waals surface area contributed by atoms with E-state index in [1.54, 1.807) is 25.1 Å². The number of aromatic nitrogens is 1. The Labute approximate surface area is 80.7 Å². The summed E-state index contributed by atoms with van der Waals surface area (Å²) in [5.41, 5.74) is 9.01. The predicted molar refractivity (Wildman–Crippen MR) is 52.0 cm³/mol. The van der Waals surface area contributed by atoms with Gasteiger partial charge < -0.3 is 0 Å². The quantitative estimate of drug-likeness (QED) is 0.412. The summed E-state index contributed by atoms with van der Waals surface area (Å²) < 4.78 is 12.8. The number of nitrogens with zero attached hydrogens (tertiary/aromatic N) is 4. The molecule has 0 atom stereocenters. The van der Waals surface area contributed by atoms with E-state index >= 15 is 0 Å². The van der Waals surface area contributed by atoms with Gasteiger partial charge in [-0.25, -0.2) is 4.39 Å². The summed E-state index contributed by atoms with van der Waals surface area (Å²) in [6.45, 7) is 1.87. The molecule has 0 unspecified atom stereocenters. The fourth-order valence-electron chi connectivity index (χ4n) is 0.913. The number of pyridine rings is 1. The van der Waals surface area contributed by atoms with E-state index in [1.807, 2.05) is 0 Å². The third-order valence-electron chi connectivity index (χ3n) is 1.58. The molecule has 0 saturated carbocycles. The minimum Gasteiger partial charge on any atom is -0.251 e. The van der Waals surface area contributed by atoms with E-state index < -0.39 is 0 Å². The van der Waals surface area contributed by atoms with E-state index in [0.29, 0.717) is 11.4 Å². The monoisotopic (exact) mass is 192 g/mol. The SMILES string of the molecule is Cc1nc(C=CCN=[N+]=[N-])ccc1F. The number of hydrogen-bond acceptors (Lipinski definition) is 2. The van der Waals surface area contributed by atoms with Crippen LogP contribution in [-0.4, -0.2) is 11.5 Å². The normalized spacial score (nSPS) is 10.1. The molecule has 0 aliphatic rings. The molecule has 1 aromatic heterocycles. The highest BCUT2D eigenvalue weighted by molar-refractivity contribution is 5.44. The molecular weight excluding hydrogens is 183 g/mol. The fourth-order valence-corrected chi connectivity index (χ4v) is 0.913. The number of azide groups is 1. The van der Waals surface area contributed by atoms with Gasteiger partial charge in [-0.15, -0.1) is 0 Å². The molecule has 72 valence electrons. The average Bonchev–Trinajstić information content (AvgIpc) is 2.18. The standard InChI is InChI=1S/C9H9FN4/c1-7-9(10)5-4-8(13-7)3-2-6-12-14-11/h2-5H,6H2,1H3. The Morgan fingerprint density at radius 1 is 1.64 bits per heavy atom. The topological polar surface area (TPSA) is 61.7 Å². The first-order valence-electron chi connectivity index (χ1n) is 4.04. The molecule has 0 spiro atoms. The molecule has 0 radical (unpaired) electrons. The van der Waals surface area contributed by atoms with Gasteiger partial charge in [-0.2, -0.15) is 0 Å². The van der Waals surface area contributed by atoms with Gasteiger partial charge in [0.1, 0.15) is 5.82 Å². The van der Waals surface area contributed by atoms with Crippen LogP contribution in [0.1, 0.15) is 11.4 Å². The molecule has 0 bridgehead atoms. The first-order valence-corrected chi connectivity index (χ1v) is 4.04. The van der Waals surface area contributed by atoms with E-state index in [9.17, 15) is 4.39 Å². The molecule has 0 aromatic carbocycles. The maximum absolute atomic E-state index is 12.8. The summed E-state index contributed by atoms with van der Waals surface area (Å²) >= 11 is 0. The van der Waals surface area contributed by atoms with Crippen molar-refractivity contribution in [1.29, 1.82) is 0 Å². The Bertz CT molecular complexity index is 394. The Hall–Kier alpha value is -1.87. The van der Waals surface area contributed by atoms with Gasteiger partial charge in [-0.3, -0.25) is 4.98 Å². The Morgan fingerprint density at radius 2 is 2.43 bits per heavy atom. The molecular formula is C9H9FN4.